The first kappa shape index (κ1) is 15.2. The van der Waals surface area contributed by atoms with Gasteiger partial charge >= 0.3 is 0 Å². The molecule has 2 unspecified atom stereocenters. The van der Waals surface area contributed by atoms with E-state index in [1.807, 2.05) is 0 Å². The van der Waals surface area contributed by atoms with Gasteiger partial charge in [0.1, 0.15) is 0 Å². The van der Waals surface area contributed by atoms with Crippen molar-refractivity contribution < 1.29 is 4.74 Å². The van der Waals surface area contributed by atoms with Gasteiger partial charge in [0.15, 0.2) is 0 Å². The fourth-order valence-electron chi connectivity index (χ4n) is 3.00. The van der Waals surface area contributed by atoms with Gasteiger partial charge in [0.2, 0.25) is 0 Å². The van der Waals surface area contributed by atoms with Crippen LogP contribution in [-0.4, -0.2) is 49.8 Å². The number of morpholine rings is 1. The summed E-state index contributed by atoms with van der Waals surface area (Å²) in [7, 11) is 0. The lowest BCUT2D eigenvalue weighted by Gasteiger charge is -2.36. The Hall–Kier alpha value is 0.170. The Morgan fingerprint density at radius 3 is 2.29 bits per heavy atom. The second kappa shape index (κ2) is 7.57. The molecule has 0 spiro atoms. The van der Waals surface area contributed by atoms with E-state index in [1.54, 1.807) is 0 Å². The molecule has 102 valence electrons. The van der Waals surface area contributed by atoms with E-state index in [0.717, 1.165) is 19.0 Å². The van der Waals surface area contributed by atoms with E-state index >= 15 is 0 Å². The van der Waals surface area contributed by atoms with Gasteiger partial charge in [-0.25, -0.2) is 0 Å². The number of hydrogen-bond acceptors (Lipinski definition) is 3. The number of nitrogens with one attached hydrogen (secondary N) is 1. The Morgan fingerprint density at radius 2 is 1.71 bits per heavy atom. The third-order valence-electron chi connectivity index (χ3n) is 3.81. The molecule has 2 aliphatic rings. The summed E-state index contributed by atoms with van der Waals surface area (Å²) in [5.41, 5.74) is 0. The van der Waals surface area contributed by atoms with Gasteiger partial charge in [-0.1, -0.05) is 0 Å². The number of piperidine rings is 1. The first-order valence-corrected chi connectivity index (χ1v) is 6.82. The van der Waals surface area contributed by atoms with Gasteiger partial charge < -0.3 is 10.1 Å². The van der Waals surface area contributed by atoms with Crippen LogP contribution in [0.4, 0.5) is 0 Å². The van der Waals surface area contributed by atoms with Gasteiger partial charge in [-0.2, -0.15) is 0 Å². The maximum absolute atomic E-state index is 5.76. The number of rotatable bonds is 3. The van der Waals surface area contributed by atoms with Crippen molar-refractivity contribution >= 4 is 12.4 Å². The first-order valence-electron chi connectivity index (χ1n) is 6.82. The van der Waals surface area contributed by atoms with Crippen molar-refractivity contribution in [3.63, 3.8) is 0 Å². The first-order chi connectivity index (χ1) is 7.74. The van der Waals surface area contributed by atoms with Crippen LogP contribution < -0.4 is 5.32 Å². The summed E-state index contributed by atoms with van der Waals surface area (Å²) in [5.74, 6) is 0.953. The van der Waals surface area contributed by atoms with Crippen molar-refractivity contribution in [3.8, 4) is 0 Å². The van der Waals surface area contributed by atoms with Crippen molar-refractivity contribution in [2.24, 2.45) is 5.92 Å². The van der Waals surface area contributed by atoms with Gasteiger partial charge in [0, 0.05) is 13.1 Å². The molecule has 1 N–H and O–H groups in total. The van der Waals surface area contributed by atoms with E-state index in [2.05, 4.69) is 24.1 Å². The molecule has 3 nitrogen and oxygen atoms in total. The molecule has 2 saturated heterocycles. The number of halogens is 1. The van der Waals surface area contributed by atoms with Crippen molar-refractivity contribution in [1.82, 2.24) is 10.2 Å². The smallest absolute Gasteiger partial charge is 0.0678 e. The number of ether oxygens (including phenoxy) is 1. The third-order valence-corrected chi connectivity index (χ3v) is 3.81. The minimum absolute atomic E-state index is 0. The molecule has 0 amide bonds. The van der Waals surface area contributed by atoms with Gasteiger partial charge in [-0.05, 0) is 58.7 Å². The molecule has 0 bridgehead atoms. The van der Waals surface area contributed by atoms with Crippen LogP contribution in [0.1, 0.15) is 33.1 Å². The van der Waals surface area contributed by atoms with E-state index in [0.29, 0.717) is 12.2 Å². The molecular weight excluding hydrogens is 236 g/mol. The van der Waals surface area contributed by atoms with Gasteiger partial charge in [0.25, 0.3) is 0 Å². The maximum Gasteiger partial charge on any atom is 0.0678 e. The molecule has 0 aromatic carbocycles. The van der Waals surface area contributed by atoms with E-state index in [9.17, 15) is 0 Å². The molecular formula is C13H27ClN2O. The molecule has 0 aromatic heterocycles. The number of nitrogens with zero attached hydrogens (tertiary/aromatic N) is 1. The summed E-state index contributed by atoms with van der Waals surface area (Å²) in [6.07, 6.45) is 4.94. The maximum atomic E-state index is 5.76. The molecule has 2 atom stereocenters. The van der Waals surface area contributed by atoms with Crippen LogP contribution >= 0.6 is 12.4 Å². The molecule has 2 aliphatic heterocycles. The summed E-state index contributed by atoms with van der Waals surface area (Å²) in [4.78, 5) is 2.58. The average molecular weight is 263 g/mol. The van der Waals surface area contributed by atoms with E-state index in [1.165, 1.54) is 38.9 Å². The van der Waals surface area contributed by atoms with Crippen LogP contribution in [0.15, 0.2) is 0 Å². The molecule has 2 heterocycles. The van der Waals surface area contributed by atoms with Crippen LogP contribution in [0.5, 0.6) is 0 Å². The Labute approximate surface area is 112 Å². The molecule has 0 aromatic rings. The lowest BCUT2D eigenvalue weighted by molar-refractivity contribution is -0.0691. The summed E-state index contributed by atoms with van der Waals surface area (Å²) in [5, 5.41) is 3.43. The average Bonchev–Trinajstić information content (AvgIpc) is 2.27. The largest absolute Gasteiger partial charge is 0.373 e. The molecule has 4 heteroatoms. The second-order valence-electron chi connectivity index (χ2n) is 5.50. The topological polar surface area (TPSA) is 24.5 Å². The number of hydrogen-bond donors (Lipinski definition) is 1. The highest BCUT2D eigenvalue weighted by molar-refractivity contribution is 5.85. The van der Waals surface area contributed by atoms with Crippen LogP contribution in [0.2, 0.25) is 0 Å². The zero-order valence-electron chi connectivity index (χ0n) is 11.2. The predicted molar refractivity (Wildman–Crippen MR) is 73.9 cm³/mol. The van der Waals surface area contributed by atoms with E-state index in [-0.39, 0.29) is 12.4 Å². The van der Waals surface area contributed by atoms with Crippen molar-refractivity contribution in [2.45, 2.75) is 45.3 Å². The Bertz CT molecular complexity index is 200. The lowest BCUT2D eigenvalue weighted by atomic mass is 9.94. The summed E-state index contributed by atoms with van der Waals surface area (Å²) < 4.78 is 5.76. The Balaban J connectivity index is 0.00000144. The quantitative estimate of drug-likeness (QED) is 0.841. The fourth-order valence-corrected chi connectivity index (χ4v) is 3.00. The Morgan fingerprint density at radius 1 is 1.12 bits per heavy atom. The predicted octanol–water partition coefficient (Wildman–Crippen LogP) is 1.91. The van der Waals surface area contributed by atoms with Gasteiger partial charge in [-0.3, -0.25) is 4.90 Å². The van der Waals surface area contributed by atoms with Crippen LogP contribution in [0.25, 0.3) is 0 Å². The summed E-state index contributed by atoms with van der Waals surface area (Å²) >= 11 is 0. The normalized spacial score (nSPS) is 32.1. The molecule has 2 rings (SSSR count). The zero-order chi connectivity index (χ0) is 11.4. The molecule has 0 aliphatic carbocycles. The Kier molecular flexibility index (Phi) is 6.78. The SMILES string of the molecule is CC1CN(CCC2CCNCC2)CC(C)O1.Cl. The van der Waals surface area contributed by atoms with Crippen LogP contribution in [0, 0.1) is 5.92 Å². The van der Waals surface area contributed by atoms with Crippen LogP contribution in [0.3, 0.4) is 0 Å². The van der Waals surface area contributed by atoms with Crippen molar-refractivity contribution in [2.75, 3.05) is 32.7 Å². The molecule has 17 heavy (non-hydrogen) atoms. The standard InChI is InChI=1S/C13H26N2O.ClH/c1-11-9-15(10-12(2)16-11)8-5-13-3-6-14-7-4-13;/h11-14H,3-10H2,1-2H3;1H. The lowest BCUT2D eigenvalue weighted by Crippen LogP contribution is -2.46. The van der Waals surface area contributed by atoms with E-state index < -0.39 is 0 Å². The molecule has 0 saturated carbocycles. The molecule has 2 fully saturated rings. The van der Waals surface area contributed by atoms with Gasteiger partial charge in [0.05, 0.1) is 12.2 Å². The summed E-state index contributed by atoms with van der Waals surface area (Å²) in [6, 6.07) is 0. The minimum atomic E-state index is 0. The highest BCUT2D eigenvalue weighted by atomic mass is 35.5. The monoisotopic (exact) mass is 262 g/mol. The van der Waals surface area contributed by atoms with Crippen LogP contribution in [-0.2, 0) is 4.74 Å². The zero-order valence-corrected chi connectivity index (χ0v) is 12.0. The third kappa shape index (κ3) is 5.12. The summed E-state index contributed by atoms with van der Waals surface area (Å²) in [6.45, 7) is 10.3. The highest BCUT2D eigenvalue weighted by Gasteiger charge is 2.22. The van der Waals surface area contributed by atoms with Crippen molar-refractivity contribution in [3.05, 3.63) is 0 Å². The van der Waals surface area contributed by atoms with Gasteiger partial charge in [-0.15, -0.1) is 12.4 Å². The minimum Gasteiger partial charge on any atom is -0.373 e. The second-order valence-corrected chi connectivity index (χ2v) is 5.50. The highest BCUT2D eigenvalue weighted by Crippen LogP contribution is 2.18. The fraction of sp³-hybridized carbons (Fsp3) is 1.00. The molecule has 0 radical (unpaired) electrons. The van der Waals surface area contributed by atoms with Crippen molar-refractivity contribution in [1.29, 1.82) is 0 Å². The van der Waals surface area contributed by atoms with E-state index in [4.69, 9.17) is 4.74 Å².